The minimum absolute atomic E-state index is 0.118. The molecule has 1 unspecified atom stereocenters. The molecule has 1 aromatic rings. The van der Waals surface area contributed by atoms with E-state index < -0.39 is 5.41 Å². The van der Waals surface area contributed by atoms with Gasteiger partial charge >= 0.3 is 0 Å². The van der Waals surface area contributed by atoms with E-state index in [0.717, 1.165) is 25.9 Å². The number of benzene rings is 1. The summed E-state index contributed by atoms with van der Waals surface area (Å²) in [4.78, 5) is 12.6. The Morgan fingerprint density at radius 1 is 1.50 bits per heavy atom. The Kier molecular flexibility index (Phi) is 4.97. The minimum atomic E-state index is -0.410. The van der Waals surface area contributed by atoms with E-state index >= 15 is 0 Å². The number of hydrogen-bond acceptors (Lipinski definition) is 2. The van der Waals surface area contributed by atoms with E-state index in [9.17, 15) is 9.18 Å². The third kappa shape index (κ3) is 3.47. The number of nitrogens with one attached hydrogen (secondary N) is 1. The molecule has 1 heterocycles. The number of ketones is 1. The molecular weight excluding hydrogens is 321 g/mol. The van der Waals surface area contributed by atoms with E-state index in [2.05, 4.69) is 21.2 Å². The van der Waals surface area contributed by atoms with Crippen molar-refractivity contribution in [3.05, 3.63) is 34.1 Å². The topological polar surface area (TPSA) is 29.1 Å². The van der Waals surface area contributed by atoms with Crippen LogP contribution in [0.5, 0.6) is 0 Å². The van der Waals surface area contributed by atoms with Crippen molar-refractivity contribution in [3.8, 4) is 0 Å². The summed E-state index contributed by atoms with van der Waals surface area (Å²) < 4.78 is 14.5. The van der Waals surface area contributed by atoms with Gasteiger partial charge in [0.15, 0.2) is 0 Å². The van der Waals surface area contributed by atoms with Gasteiger partial charge in [-0.1, -0.05) is 35.8 Å². The lowest BCUT2D eigenvalue weighted by Gasteiger charge is -2.36. The smallest absolute Gasteiger partial charge is 0.143 e. The molecule has 1 atom stereocenters. The lowest BCUT2D eigenvalue weighted by Crippen LogP contribution is -2.43. The number of carbonyl (C=O) groups excluding carboxylic acids is 1. The molecule has 0 saturated carbocycles. The normalized spacial score (nSPS) is 19.9. The van der Waals surface area contributed by atoms with Crippen LogP contribution < -0.4 is 5.32 Å². The largest absolute Gasteiger partial charge is 0.316 e. The van der Waals surface area contributed by atoms with Crippen LogP contribution in [-0.2, 0) is 11.2 Å². The highest BCUT2D eigenvalue weighted by atomic mass is 79.9. The molecule has 1 aliphatic heterocycles. The van der Waals surface area contributed by atoms with Crippen molar-refractivity contribution in [1.29, 1.82) is 0 Å². The summed E-state index contributed by atoms with van der Waals surface area (Å²) in [5.74, 6) is 0.139. The summed E-state index contributed by atoms with van der Waals surface area (Å²) in [5.41, 5.74) is 0.0717. The molecule has 1 fully saturated rings. The second-order valence-electron chi connectivity index (χ2n) is 6.10. The Labute approximate surface area is 128 Å². The van der Waals surface area contributed by atoms with Crippen LogP contribution in [0.15, 0.2) is 22.7 Å². The maximum Gasteiger partial charge on any atom is 0.143 e. The van der Waals surface area contributed by atoms with Crippen LogP contribution in [0.1, 0.15) is 32.3 Å². The first-order valence-electron chi connectivity index (χ1n) is 7.09. The summed E-state index contributed by atoms with van der Waals surface area (Å²) in [6.45, 7) is 5.89. The fourth-order valence-electron chi connectivity index (χ4n) is 2.76. The van der Waals surface area contributed by atoms with Crippen LogP contribution in [0.3, 0.4) is 0 Å². The monoisotopic (exact) mass is 341 g/mol. The van der Waals surface area contributed by atoms with Crippen LogP contribution in [0.25, 0.3) is 0 Å². The van der Waals surface area contributed by atoms with Crippen molar-refractivity contribution >= 4 is 21.7 Å². The highest BCUT2D eigenvalue weighted by molar-refractivity contribution is 9.10. The summed E-state index contributed by atoms with van der Waals surface area (Å²) in [6.07, 6.45) is 2.34. The van der Waals surface area contributed by atoms with Gasteiger partial charge in [0.05, 0.1) is 0 Å². The SMILES string of the molecule is CC(C)(C(=O)Cc1ccc(Br)cc1F)C1CCCNC1. The first-order valence-corrected chi connectivity index (χ1v) is 7.88. The van der Waals surface area contributed by atoms with Gasteiger partial charge in [-0.2, -0.15) is 0 Å². The zero-order valence-electron chi connectivity index (χ0n) is 12.0. The van der Waals surface area contributed by atoms with E-state index in [1.165, 1.54) is 6.07 Å². The summed E-state index contributed by atoms with van der Waals surface area (Å²) in [7, 11) is 0. The van der Waals surface area contributed by atoms with Crippen molar-refractivity contribution in [2.45, 2.75) is 33.1 Å². The molecule has 1 aromatic carbocycles. The van der Waals surface area contributed by atoms with E-state index in [1.54, 1.807) is 12.1 Å². The minimum Gasteiger partial charge on any atom is -0.316 e. The van der Waals surface area contributed by atoms with Crippen LogP contribution >= 0.6 is 15.9 Å². The van der Waals surface area contributed by atoms with Crippen LogP contribution in [-0.4, -0.2) is 18.9 Å². The Bertz CT molecular complexity index is 495. The molecule has 1 N–H and O–H groups in total. The number of halogens is 2. The van der Waals surface area contributed by atoms with Crippen LogP contribution in [0, 0.1) is 17.2 Å². The number of rotatable bonds is 4. The molecule has 1 saturated heterocycles. The molecule has 0 aromatic heterocycles. The molecule has 110 valence electrons. The van der Waals surface area contributed by atoms with Crippen molar-refractivity contribution in [3.63, 3.8) is 0 Å². The van der Waals surface area contributed by atoms with Crippen molar-refractivity contribution < 1.29 is 9.18 Å². The molecule has 0 aliphatic carbocycles. The molecule has 2 rings (SSSR count). The molecule has 20 heavy (non-hydrogen) atoms. The standard InChI is InChI=1S/C16H21BrFNO/c1-16(2,12-4-3-7-19-10-12)15(20)8-11-5-6-13(17)9-14(11)18/h5-6,9,12,19H,3-4,7-8,10H2,1-2H3. The fourth-order valence-corrected chi connectivity index (χ4v) is 3.09. The molecule has 4 heteroatoms. The molecule has 1 aliphatic rings. The van der Waals surface area contributed by atoms with Gasteiger partial charge in [-0.05, 0) is 49.5 Å². The predicted octanol–water partition coefficient (Wildman–Crippen LogP) is 3.73. The zero-order chi connectivity index (χ0) is 14.8. The van der Waals surface area contributed by atoms with Crippen molar-refractivity contribution in [2.24, 2.45) is 11.3 Å². The lowest BCUT2D eigenvalue weighted by molar-refractivity contribution is -0.129. The molecule has 0 amide bonds. The second kappa shape index (κ2) is 6.35. The first-order chi connectivity index (χ1) is 9.41. The Morgan fingerprint density at radius 2 is 2.25 bits per heavy atom. The maximum atomic E-state index is 13.8. The summed E-state index contributed by atoms with van der Waals surface area (Å²) >= 11 is 3.23. The Balaban J connectivity index is 2.09. The maximum absolute atomic E-state index is 13.8. The quantitative estimate of drug-likeness (QED) is 0.904. The number of Topliss-reactive ketones (excluding diaryl/α,β-unsaturated/α-hetero) is 1. The van der Waals surface area contributed by atoms with E-state index in [4.69, 9.17) is 0 Å². The van der Waals surface area contributed by atoms with Gasteiger partial charge in [-0.3, -0.25) is 4.79 Å². The zero-order valence-corrected chi connectivity index (χ0v) is 13.6. The Morgan fingerprint density at radius 3 is 2.85 bits per heavy atom. The third-order valence-electron chi connectivity index (χ3n) is 4.40. The van der Waals surface area contributed by atoms with Gasteiger partial charge in [0.2, 0.25) is 0 Å². The van der Waals surface area contributed by atoms with Crippen molar-refractivity contribution in [1.82, 2.24) is 5.32 Å². The van der Waals surface area contributed by atoms with Gasteiger partial charge < -0.3 is 5.32 Å². The third-order valence-corrected chi connectivity index (χ3v) is 4.90. The molecule has 2 nitrogen and oxygen atoms in total. The summed E-state index contributed by atoms with van der Waals surface area (Å²) in [6, 6.07) is 4.88. The van der Waals surface area contributed by atoms with Crippen LogP contribution in [0.2, 0.25) is 0 Å². The van der Waals surface area contributed by atoms with E-state index in [-0.39, 0.29) is 18.0 Å². The highest BCUT2D eigenvalue weighted by Crippen LogP contribution is 2.34. The van der Waals surface area contributed by atoms with Gasteiger partial charge in [-0.25, -0.2) is 4.39 Å². The molecule has 0 spiro atoms. The summed E-state index contributed by atoms with van der Waals surface area (Å²) in [5, 5.41) is 3.35. The molecular formula is C16H21BrFNO. The molecule has 0 bridgehead atoms. The van der Waals surface area contributed by atoms with Gasteiger partial charge in [0.25, 0.3) is 0 Å². The number of piperidine rings is 1. The number of hydrogen-bond donors (Lipinski definition) is 1. The second-order valence-corrected chi connectivity index (χ2v) is 7.02. The predicted molar refractivity (Wildman–Crippen MR) is 82.2 cm³/mol. The Hall–Kier alpha value is -0.740. The van der Waals surface area contributed by atoms with Crippen LogP contribution in [0.4, 0.5) is 4.39 Å². The first kappa shape index (κ1) is 15.6. The highest BCUT2D eigenvalue weighted by Gasteiger charge is 2.36. The lowest BCUT2D eigenvalue weighted by atomic mass is 9.71. The average molecular weight is 342 g/mol. The van der Waals surface area contributed by atoms with E-state index in [0.29, 0.717) is 16.0 Å². The average Bonchev–Trinajstić information content (AvgIpc) is 2.42. The van der Waals surface area contributed by atoms with Gasteiger partial charge in [0, 0.05) is 16.3 Å². The van der Waals surface area contributed by atoms with Gasteiger partial charge in [-0.15, -0.1) is 0 Å². The van der Waals surface area contributed by atoms with E-state index in [1.807, 2.05) is 13.8 Å². The van der Waals surface area contributed by atoms with Gasteiger partial charge in [0.1, 0.15) is 11.6 Å². The number of carbonyl (C=O) groups is 1. The molecule has 0 radical (unpaired) electrons. The van der Waals surface area contributed by atoms with Crippen molar-refractivity contribution in [2.75, 3.05) is 13.1 Å². The fraction of sp³-hybridized carbons (Fsp3) is 0.562.